The van der Waals surface area contributed by atoms with Crippen molar-refractivity contribution < 1.29 is 24.2 Å². The molecular weight excluding hydrogens is 374 g/mol. The highest BCUT2D eigenvalue weighted by Crippen LogP contribution is 2.18. The highest BCUT2D eigenvalue weighted by Gasteiger charge is 2.18. The van der Waals surface area contributed by atoms with Crippen LogP contribution in [0.5, 0.6) is 5.75 Å². The summed E-state index contributed by atoms with van der Waals surface area (Å²) in [5.41, 5.74) is 1.51. The van der Waals surface area contributed by atoms with Gasteiger partial charge in [0.1, 0.15) is 5.75 Å². The number of hydrogen-bond acceptors (Lipinski definition) is 4. The topological polar surface area (TPSA) is 108 Å². The summed E-state index contributed by atoms with van der Waals surface area (Å²) in [4.78, 5) is 36.8. The second-order valence-electron chi connectivity index (χ2n) is 6.71. The van der Waals surface area contributed by atoms with Crippen molar-refractivity contribution in [2.75, 3.05) is 25.0 Å². The third-order valence-electron chi connectivity index (χ3n) is 4.57. The van der Waals surface area contributed by atoms with Gasteiger partial charge in [-0.1, -0.05) is 18.2 Å². The van der Waals surface area contributed by atoms with Crippen molar-refractivity contribution in [3.8, 4) is 5.75 Å². The number of amides is 3. The van der Waals surface area contributed by atoms with E-state index < -0.39 is 12.0 Å². The number of urea groups is 1. The predicted octanol–water partition coefficient (Wildman–Crippen LogP) is 2.71. The third kappa shape index (κ3) is 5.97. The minimum absolute atomic E-state index is 0.0258. The Hall–Kier alpha value is -3.55. The summed E-state index contributed by atoms with van der Waals surface area (Å²) in [7, 11) is 0. The number of rotatable bonds is 7. The Morgan fingerprint density at radius 3 is 2.45 bits per heavy atom. The van der Waals surface area contributed by atoms with Crippen molar-refractivity contribution in [2.24, 2.45) is 0 Å². The van der Waals surface area contributed by atoms with Crippen molar-refractivity contribution in [3.05, 3.63) is 59.7 Å². The number of hydrogen-bond donors (Lipinski definition) is 3. The largest absolute Gasteiger partial charge is 0.484 e. The van der Waals surface area contributed by atoms with E-state index in [0.717, 1.165) is 31.5 Å². The Morgan fingerprint density at radius 1 is 1.03 bits per heavy atom. The van der Waals surface area contributed by atoms with Gasteiger partial charge in [0, 0.05) is 31.4 Å². The highest BCUT2D eigenvalue weighted by atomic mass is 16.5. The van der Waals surface area contributed by atoms with Crippen LogP contribution in [-0.4, -0.2) is 47.6 Å². The van der Waals surface area contributed by atoms with Crippen LogP contribution in [0.25, 0.3) is 0 Å². The molecule has 0 spiro atoms. The van der Waals surface area contributed by atoms with E-state index in [2.05, 4.69) is 10.6 Å². The average molecular weight is 397 g/mol. The van der Waals surface area contributed by atoms with E-state index in [0.29, 0.717) is 11.4 Å². The van der Waals surface area contributed by atoms with E-state index >= 15 is 0 Å². The van der Waals surface area contributed by atoms with Crippen molar-refractivity contribution in [1.29, 1.82) is 0 Å². The minimum Gasteiger partial charge on any atom is -0.484 e. The number of carbonyl (C=O) groups excluding carboxylic acids is 2. The first-order valence-corrected chi connectivity index (χ1v) is 9.39. The molecule has 3 rings (SSSR count). The molecule has 1 aliphatic heterocycles. The first-order valence-electron chi connectivity index (χ1n) is 9.39. The van der Waals surface area contributed by atoms with Gasteiger partial charge in [-0.15, -0.1) is 0 Å². The average Bonchev–Trinajstić information content (AvgIpc) is 3.26. The third-order valence-corrected chi connectivity index (χ3v) is 4.57. The second-order valence-corrected chi connectivity index (χ2v) is 6.71. The molecule has 3 amide bonds. The molecule has 1 saturated heterocycles. The van der Waals surface area contributed by atoms with Crippen molar-refractivity contribution >= 4 is 23.6 Å². The number of nitrogens with one attached hydrogen (secondary N) is 2. The summed E-state index contributed by atoms with van der Waals surface area (Å²) in [6.45, 7) is 1.79. The Bertz CT molecular complexity index is 876. The van der Waals surface area contributed by atoms with Crippen molar-refractivity contribution in [2.45, 2.75) is 19.4 Å². The number of nitrogens with zero attached hydrogens (tertiary/aromatic N) is 1. The van der Waals surface area contributed by atoms with Gasteiger partial charge in [0.2, 0.25) is 0 Å². The quantitative estimate of drug-likeness (QED) is 0.666. The highest BCUT2D eigenvalue weighted by molar-refractivity contribution is 5.89. The Kier molecular flexibility index (Phi) is 6.67. The second kappa shape index (κ2) is 9.59. The number of carboxylic acid groups (broad SMARTS) is 1. The molecule has 0 atom stereocenters. The first-order chi connectivity index (χ1) is 14.0. The Morgan fingerprint density at radius 2 is 1.76 bits per heavy atom. The van der Waals surface area contributed by atoms with Crippen LogP contribution in [0.4, 0.5) is 10.5 Å². The number of likely N-dealkylation sites (tertiary alicyclic amines) is 1. The van der Waals surface area contributed by atoms with Gasteiger partial charge in [0.15, 0.2) is 6.61 Å². The van der Waals surface area contributed by atoms with Crippen molar-refractivity contribution in [1.82, 2.24) is 10.2 Å². The molecule has 1 aliphatic rings. The normalized spacial score (nSPS) is 13.0. The lowest BCUT2D eigenvalue weighted by molar-refractivity contribution is -0.132. The lowest BCUT2D eigenvalue weighted by atomic mass is 10.1. The van der Waals surface area contributed by atoms with Crippen molar-refractivity contribution in [3.63, 3.8) is 0 Å². The number of carboxylic acids is 1. The maximum Gasteiger partial charge on any atom is 0.335 e. The SMILES string of the molecule is O=C(NCc1ccc(C(=O)O)cc1)Nc1cccc(OCC(=O)N2CCCC2)c1. The summed E-state index contributed by atoms with van der Waals surface area (Å²) < 4.78 is 5.55. The molecular formula is C21H23N3O5. The predicted molar refractivity (Wildman–Crippen MR) is 107 cm³/mol. The van der Waals surface area contributed by atoms with Gasteiger partial charge in [0.05, 0.1) is 5.56 Å². The number of benzene rings is 2. The molecule has 0 radical (unpaired) electrons. The zero-order valence-electron chi connectivity index (χ0n) is 15.9. The van der Waals surface area contributed by atoms with Gasteiger partial charge in [-0.05, 0) is 42.7 Å². The molecule has 0 aromatic heterocycles. The molecule has 0 saturated carbocycles. The van der Waals surface area contributed by atoms with Crippen LogP contribution in [0.1, 0.15) is 28.8 Å². The molecule has 2 aromatic rings. The van der Waals surface area contributed by atoms with Gasteiger partial charge in [-0.3, -0.25) is 4.79 Å². The molecule has 0 aliphatic carbocycles. The standard InChI is InChI=1S/C21H23N3O5/c25-19(24-10-1-2-11-24)14-29-18-5-3-4-17(12-18)23-21(28)22-13-15-6-8-16(9-7-15)20(26)27/h3-9,12H,1-2,10-11,13-14H2,(H,26,27)(H2,22,23,28). The van der Waals surface area contributed by atoms with Crippen LogP contribution in [0.3, 0.4) is 0 Å². The summed E-state index contributed by atoms with van der Waals surface area (Å²) in [6.07, 6.45) is 2.06. The molecule has 1 fully saturated rings. The molecule has 2 aromatic carbocycles. The Balaban J connectivity index is 1.46. The van der Waals surface area contributed by atoms with E-state index in [9.17, 15) is 14.4 Å². The van der Waals surface area contributed by atoms with E-state index in [1.807, 2.05) is 0 Å². The summed E-state index contributed by atoms with van der Waals surface area (Å²) >= 11 is 0. The molecule has 0 unspecified atom stereocenters. The van der Waals surface area contributed by atoms with Gasteiger partial charge < -0.3 is 25.4 Å². The van der Waals surface area contributed by atoms with Gasteiger partial charge in [-0.2, -0.15) is 0 Å². The smallest absolute Gasteiger partial charge is 0.335 e. The minimum atomic E-state index is -0.994. The maximum absolute atomic E-state index is 12.1. The number of anilines is 1. The fraction of sp³-hybridized carbons (Fsp3) is 0.286. The molecule has 0 bridgehead atoms. The van der Waals surface area contributed by atoms with E-state index in [1.54, 1.807) is 41.3 Å². The molecule has 152 valence electrons. The zero-order valence-corrected chi connectivity index (χ0v) is 15.9. The molecule has 8 heteroatoms. The Labute approximate surface area is 168 Å². The van der Waals surface area contributed by atoms with E-state index in [1.165, 1.54) is 12.1 Å². The van der Waals surface area contributed by atoms with Crippen LogP contribution in [0.15, 0.2) is 48.5 Å². The lowest BCUT2D eigenvalue weighted by Crippen LogP contribution is -2.32. The van der Waals surface area contributed by atoms with Crippen LogP contribution in [-0.2, 0) is 11.3 Å². The molecule has 29 heavy (non-hydrogen) atoms. The van der Waals surface area contributed by atoms with E-state index in [-0.39, 0.29) is 24.6 Å². The van der Waals surface area contributed by atoms with Crippen LogP contribution in [0.2, 0.25) is 0 Å². The lowest BCUT2D eigenvalue weighted by Gasteiger charge is -2.16. The molecule has 3 N–H and O–H groups in total. The van der Waals surface area contributed by atoms with Crippen LogP contribution < -0.4 is 15.4 Å². The fourth-order valence-electron chi connectivity index (χ4n) is 2.99. The maximum atomic E-state index is 12.1. The van der Waals surface area contributed by atoms with Gasteiger partial charge >= 0.3 is 12.0 Å². The summed E-state index contributed by atoms with van der Waals surface area (Å²) in [6, 6.07) is 12.7. The van der Waals surface area contributed by atoms with Crippen LogP contribution >= 0.6 is 0 Å². The number of aromatic carboxylic acids is 1. The first kappa shape index (κ1) is 20.2. The monoisotopic (exact) mass is 397 g/mol. The summed E-state index contributed by atoms with van der Waals surface area (Å²) in [5, 5.41) is 14.3. The number of ether oxygens (including phenoxy) is 1. The fourth-order valence-corrected chi connectivity index (χ4v) is 2.99. The van der Waals surface area contributed by atoms with E-state index in [4.69, 9.17) is 9.84 Å². The number of carbonyl (C=O) groups is 3. The zero-order chi connectivity index (χ0) is 20.6. The van der Waals surface area contributed by atoms with Gasteiger partial charge in [0.25, 0.3) is 5.91 Å². The van der Waals surface area contributed by atoms with Crippen LogP contribution in [0, 0.1) is 0 Å². The summed E-state index contributed by atoms with van der Waals surface area (Å²) in [5.74, 6) is -0.529. The molecule has 8 nitrogen and oxygen atoms in total. The molecule has 1 heterocycles. The van der Waals surface area contributed by atoms with Gasteiger partial charge in [-0.25, -0.2) is 9.59 Å².